The van der Waals surface area contributed by atoms with Gasteiger partial charge in [-0.2, -0.15) is 0 Å². The quantitative estimate of drug-likeness (QED) is 0.784. The molecule has 25 heavy (non-hydrogen) atoms. The Morgan fingerprint density at radius 1 is 1.24 bits per heavy atom. The minimum Gasteiger partial charge on any atom is -0.496 e. The molecule has 6 heteroatoms. The molecule has 0 atom stereocenters. The molecule has 2 aliphatic rings. The minimum atomic E-state index is -0.348. The van der Waals surface area contributed by atoms with Gasteiger partial charge in [0, 0.05) is 30.2 Å². The third-order valence-corrected chi connectivity index (χ3v) is 4.42. The number of hydrogen-bond acceptors (Lipinski definition) is 5. The summed E-state index contributed by atoms with van der Waals surface area (Å²) in [5.41, 5.74) is 2.95. The number of benzene rings is 1. The third-order valence-electron chi connectivity index (χ3n) is 4.42. The molecule has 0 fully saturated rings. The van der Waals surface area contributed by atoms with E-state index >= 15 is 0 Å². The van der Waals surface area contributed by atoms with Crippen LogP contribution in [0.4, 0.5) is 4.79 Å². The van der Waals surface area contributed by atoms with Gasteiger partial charge in [0.25, 0.3) is 0 Å². The second-order valence-corrected chi connectivity index (χ2v) is 7.03. The normalized spacial score (nSPS) is 17.8. The SMILES string of the molecule is COCCOC(=O)N1CC2=CC(C)(C)COc3ccc(OC)c(c32)C1. The molecule has 0 saturated carbocycles. The number of carbonyl (C=O) groups is 1. The molecule has 1 aromatic carbocycles. The van der Waals surface area contributed by atoms with Crippen molar-refractivity contribution in [2.45, 2.75) is 20.4 Å². The van der Waals surface area contributed by atoms with Gasteiger partial charge in [0.2, 0.25) is 0 Å². The first-order chi connectivity index (χ1) is 11.9. The number of nitrogens with zero attached hydrogens (tertiary/aromatic N) is 1. The maximum absolute atomic E-state index is 12.4. The van der Waals surface area contributed by atoms with Gasteiger partial charge < -0.3 is 18.9 Å². The Hall–Kier alpha value is -2.21. The van der Waals surface area contributed by atoms with E-state index < -0.39 is 0 Å². The van der Waals surface area contributed by atoms with Crippen LogP contribution in [0.15, 0.2) is 18.2 Å². The maximum atomic E-state index is 12.4. The van der Waals surface area contributed by atoms with Gasteiger partial charge in [-0.1, -0.05) is 19.9 Å². The summed E-state index contributed by atoms with van der Waals surface area (Å²) in [5.74, 6) is 1.60. The first kappa shape index (κ1) is 17.6. The van der Waals surface area contributed by atoms with Crippen LogP contribution in [-0.2, 0) is 16.0 Å². The molecule has 2 heterocycles. The number of ether oxygens (including phenoxy) is 4. The molecule has 0 bridgehead atoms. The third kappa shape index (κ3) is 3.58. The lowest BCUT2D eigenvalue weighted by atomic mass is 9.87. The molecule has 3 rings (SSSR count). The van der Waals surface area contributed by atoms with Gasteiger partial charge >= 0.3 is 6.09 Å². The van der Waals surface area contributed by atoms with Gasteiger partial charge in [0.15, 0.2) is 0 Å². The highest BCUT2D eigenvalue weighted by molar-refractivity contribution is 5.82. The lowest BCUT2D eigenvalue weighted by Gasteiger charge is -2.31. The Morgan fingerprint density at radius 3 is 2.76 bits per heavy atom. The van der Waals surface area contributed by atoms with E-state index in [1.807, 2.05) is 12.1 Å². The van der Waals surface area contributed by atoms with Crippen molar-refractivity contribution in [3.8, 4) is 11.5 Å². The molecule has 0 N–H and O–H groups in total. The monoisotopic (exact) mass is 347 g/mol. The van der Waals surface area contributed by atoms with E-state index in [9.17, 15) is 4.79 Å². The fraction of sp³-hybridized carbons (Fsp3) is 0.526. The zero-order valence-corrected chi connectivity index (χ0v) is 15.3. The van der Waals surface area contributed by atoms with Crippen molar-refractivity contribution in [1.29, 1.82) is 0 Å². The van der Waals surface area contributed by atoms with Crippen molar-refractivity contribution < 1.29 is 23.7 Å². The second-order valence-electron chi connectivity index (χ2n) is 7.03. The highest BCUT2D eigenvalue weighted by Crippen LogP contribution is 2.43. The summed E-state index contributed by atoms with van der Waals surface area (Å²) in [5, 5.41) is 0. The van der Waals surface area contributed by atoms with Crippen LogP contribution < -0.4 is 9.47 Å². The smallest absolute Gasteiger partial charge is 0.410 e. The van der Waals surface area contributed by atoms with Gasteiger partial charge in [-0.15, -0.1) is 0 Å². The molecule has 1 amide bonds. The Kier molecular flexibility index (Phi) is 4.90. The second kappa shape index (κ2) is 6.96. The van der Waals surface area contributed by atoms with Crippen LogP contribution in [0, 0.1) is 5.41 Å². The van der Waals surface area contributed by atoms with E-state index in [1.165, 1.54) is 0 Å². The average Bonchev–Trinajstić information content (AvgIpc) is 2.71. The topological polar surface area (TPSA) is 57.2 Å². The Balaban J connectivity index is 1.98. The first-order valence-electron chi connectivity index (χ1n) is 8.40. The van der Waals surface area contributed by atoms with Crippen molar-refractivity contribution in [3.05, 3.63) is 29.3 Å². The lowest BCUT2D eigenvalue weighted by molar-refractivity contribution is 0.0723. The average molecular weight is 347 g/mol. The highest BCUT2D eigenvalue weighted by atomic mass is 16.6. The van der Waals surface area contributed by atoms with Gasteiger partial charge in [0.05, 0.1) is 26.9 Å². The van der Waals surface area contributed by atoms with Crippen molar-refractivity contribution >= 4 is 11.7 Å². The summed E-state index contributed by atoms with van der Waals surface area (Å²) >= 11 is 0. The lowest BCUT2D eigenvalue weighted by Crippen LogP contribution is -2.36. The fourth-order valence-corrected chi connectivity index (χ4v) is 3.29. The minimum absolute atomic E-state index is 0.123. The summed E-state index contributed by atoms with van der Waals surface area (Å²) < 4.78 is 21.8. The maximum Gasteiger partial charge on any atom is 0.410 e. The summed E-state index contributed by atoms with van der Waals surface area (Å²) in [6.45, 7) is 6.38. The van der Waals surface area contributed by atoms with Crippen LogP contribution in [0.2, 0.25) is 0 Å². The molecule has 2 aliphatic heterocycles. The molecular weight excluding hydrogens is 322 g/mol. The van der Waals surface area contributed by atoms with E-state index in [0.29, 0.717) is 26.3 Å². The number of rotatable bonds is 4. The van der Waals surface area contributed by atoms with Gasteiger partial charge in [-0.25, -0.2) is 4.79 Å². The zero-order valence-electron chi connectivity index (χ0n) is 15.3. The molecule has 0 aliphatic carbocycles. The summed E-state index contributed by atoms with van der Waals surface area (Å²) in [4.78, 5) is 14.1. The zero-order chi connectivity index (χ0) is 18.0. The Morgan fingerprint density at radius 2 is 2.04 bits per heavy atom. The predicted molar refractivity (Wildman–Crippen MR) is 93.9 cm³/mol. The Bertz CT molecular complexity index is 695. The largest absolute Gasteiger partial charge is 0.496 e. The van der Waals surface area contributed by atoms with Crippen LogP contribution in [0.3, 0.4) is 0 Å². The molecule has 0 radical (unpaired) electrons. The molecule has 0 spiro atoms. The number of hydrogen-bond donors (Lipinski definition) is 0. The van der Waals surface area contributed by atoms with Crippen molar-refractivity contribution in [2.75, 3.05) is 40.6 Å². The van der Waals surface area contributed by atoms with E-state index in [0.717, 1.165) is 28.2 Å². The fourth-order valence-electron chi connectivity index (χ4n) is 3.29. The highest BCUT2D eigenvalue weighted by Gasteiger charge is 2.33. The molecule has 6 nitrogen and oxygen atoms in total. The summed E-state index contributed by atoms with van der Waals surface area (Å²) in [7, 11) is 3.22. The van der Waals surface area contributed by atoms with Gasteiger partial charge in [-0.3, -0.25) is 4.90 Å². The first-order valence-corrected chi connectivity index (χ1v) is 8.40. The van der Waals surface area contributed by atoms with E-state index in [1.54, 1.807) is 19.1 Å². The standard InChI is InChI=1S/C19H25NO5/c1-19(2)9-13-10-20(18(21)24-8-7-22-3)11-14-15(23-4)5-6-16(17(13)14)25-12-19/h5-6,9H,7-8,10-12H2,1-4H3. The van der Waals surface area contributed by atoms with Crippen LogP contribution in [0.1, 0.15) is 25.0 Å². The summed E-state index contributed by atoms with van der Waals surface area (Å²) in [6.07, 6.45) is 1.84. The van der Waals surface area contributed by atoms with Crippen LogP contribution in [-0.4, -0.2) is 51.6 Å². The molecule has 0 saturated heterocycles. The van der Waals surface area contributed by atoms with Gasteiger partial charge in [0.1, 0.15) is 18.1 Å². The molecule has 0 aromatic heterocycles. The van der Waals surface area contributed by atoms with E-state index in [-0.39, 0.29) is 18.1 Å². The number of carbonyl (C=O) groups excluding carboxylic acids is 1. The molecular formula is C19H25NO5. The Labute approximate surface area is 148 Å². The van der Waals surface area contributed by atoms with Crippen molar-refractivity contribution in [3.63, 3.8) is 0 Å². The molecule has 1 aromatic rings. The van der Waals surface area contributed by atoms with E-state index in [2.05, 4.69) is 19.9 Å². The predicted octanol–water partition coefficient (Wildman–Crippen LogP) is 3.10. The van der Waals surface area contributed by atoms with Crippen LogP contribution >= 0.6 is 0 Å². The molecule has 136 valence electrons. The van der Waals surface area contributed by atoms with Crippen LogP contribution in [0.25, 0.3) is 5.57 Å². The van der Waals surface area contributed by atoms with Gasteiger partial charge in [-0.05, 0) is 17.7 Å². The van der Waals surface area contributed by atoms with E-state index in [4.69, 9.17) is 18.9 Å². The number of methoxy groups -OCH3 is 2. The number of amides is 1. The van der Waals surface area contributed by atoms with Crippen molar-refractivity contribution in [2.24, 2.45) is 5.41 Å². The summed E-state index contributed by atoms with van der Waals surface area (Å²) in [6, 6.07) is 3.84. The van der Waals surface area contributed by atoms with Crippen LogP contribution in [0.5, 0.6) is 11.5 Å². The van der Waals surface area contributed by atoms with Crippen molar-refractivity contribution in [1.82, 2.24) is 4.90 Å². The molecule has 0 unspecified atom stereocenters.